The van der Waals surface area contributed by atoms with Crippen LogP contribution >= 0.6 is 0 Å². The minimum Gasteiger partial charge on any atom is -0.460 e. The molecule has 0 aliphatic heterocycles. The van der Waals surface area contributed by atoms with Crippen molar-refractivity contribution in [3.8, 4) is 55.6 Å². The first kappa shape index (κ1) is 39.8. The average molecular weight is 907 g/mol. The lowest BCUT2D eigenvalue weighted by Crippen LogP contribution is -1.96. The Kier molecular flexibility index (Phi) is 8.78. The van der Waals surface area contributed by atoms with Gasteiger partial charge in [0.1, 0.15) is 33.7 Å². The number of fused-ring (bicyclic) bond motifs is 11. The number of rotatable bonds is 6. The predicted molar refractivity (Wildman–Crippen MR) is 296 cm³/mol. The highest BCUT2D eigenvalue weighted by molar-refractivity contribution is 6.21. The van der Waals surface area contributed by atoms with Gasteiger partial charge in [-0.05, 0) is 168 Å². The molecule has 3 nitrogen and oxygen atoms in total. The lowest BCUT2D eigenvalue weighted by Gasteiger charge is -2.18. The molecule has 1 aliphatic rings. The fourth-order valence-corrected chi connectivity index (χ4v) is 11.5. The van der Waals surface area contributed by atoms with Crippen molar-refractivity contribution in [2.75, 3.05) is 0 Å². The van der Waals surface area contributed by atoms with Gasteiger partial charge in [-0.25, -0.2) is 0 Å². The fraction of sp³-hybridized carbons (Fsp3) is 0.0294. The average Bonchev–Trinajstić information content (AvgIpc) is 4.12. The van der Waals surface area contributed by atoms with Gasteiger partial charge in [0.25, 0.3) is 0 Å². The first-order valence-corrected chi connectivity index (χ1v) is 24.5. The zero-order valence-electron chi connectivity index (χ0n) is 38.6. The van der Waals surface area contributed by atoms with Gasteiger partial charge in [-0.2, -0.15) is 0 Å². The molecule has 1 aliphatic carbocycles. The topological polar surface area (TPSA) is 39.4 Å². The van der Waals surface area contributed by atoms with Crippen LogP contribution in [0.25, 0.3) is 144 Å². The molecule has 3 aromatic heterocycles. The maximum atomic E-state index is 6.57. The van der Waals surface area contributed by atoms with Gasteiger partial charge in [0.2, 0.25) is 0 Å². The summed E-state index contributed by atoms with van der Waals surface area (Å²) in [6.07, 6.45) is 4.19. The Hall–Kier alpha value is -9.18. The summed E-state index contributed by atoms with van der Waals surface area (Å²) in [5.41, 5.74) is 19.9. The molecule has 3 heterocycles. The molecular weight excluding hydrogens is 865 g/mol. The maximum absolute atomic E-state index is 6.57. The summed E-state index contributed by atoms with van der Waals surface area (Å²) in [6, 6.07) is 81.2. The van der Waals surface area contributed by atoms with Crippen molar-refractivity contribution in [3.63, 3.8) is 0 Å². The molecule has 11 aromatic carbocycles. The second kappa shape index (κ2) is 15.7. The molecule has 0 radical (unpaired) electrons. The normalized spacial score (nSPS) is 12.8. The highest BCUT2D eigenvalue weighted by atomic mass is 16.3. The highest BCUT2D eigenvalue weighted by Gasteiger charge is 2.22. The van der Waals surface area contributed by atoms with E-state index in [2.05, 4.69) is 231 Å². The third-order valence-corrected chi connectivity index (χ3v) is 15.0. The van der Waals surface area contributed by atoms with Crippen molar-refractivity contribution in [2.24, 2.45) is 0 Å². The van der Waals surface area contributed by atoms with Gasteiger partial charge in [-0.1, -0.05) is 158 Å². The van der Waals surface area contributed by atoms with Gasteiger partial charge in [0.15, 0.2) is 0 Å². The third-order valence-electron chi connectivity index (χ3n) is 15.0. The summed E-state index contributed by atoms with van der Waals surface area (Å²) in [6.45, 7) is 0. The summed E-state index contributed by atoms with van der Waals surface area (Å²) >= 11 is 0. The summed E-state index contributed by atoms with van der Waals surface area (Å²) in [5, 5.41) is 10.3. The lowest BCUT2D eigenvalue weighted by molar-refractivity contribution is 0.548. The highest BCUT2D eigenvalue weighted by Crippen LogP contribution is 2.47. The van der Waals surface area contributed by atoms with E-state index < -0.39 is 0 Å². The van der Waals surface area contributed by atoms with E-state index in [-0.39, 0.29) is 0 Å². The molecule has 0 atom stereocenters. The molecular formula is C68H42O3. The molecule has 332 valence electrons. The fourth-order valence-electron chi connectivity index (χ4n) is 11.5. The van der Waals surface area contributed by atoms with Gasteiger partial charge in [0.05, 0.1) is 0 Å². The van der Waals surface area contributed by atoms with Gasteiger partial charge >= 0.3 is 0 Å². The molecule has 0 unspecified atom stereocenters. The zero-order valence-corrected chi connectivity index (χ0v) is 38.6. The first-order valence-electron chi connectivity index (χ1n) is 24.5. The van der Waals surface area contributed by atoms with Gasteiger partial charge in [-0.3, -0.25) is 0 Å². The van der Waals surface area contributed by atoms with E-state index in [0.29, 0.717) is 0 Å². The lowest BCUT2D eigenvalue weighted by atomic mass is 9.85. The summed E-state index contributed by atoms with van der Waals surface area (Å²) < 4.78 is 19.6. The van der Waals surface area contributed by atoms with Crippen LogP contribution in [-0.2, 0) is 6.42 Å². The number of hydrogen-bond acceptors (Lipinski definition) is 3. The molecule has 14 aromatic rings. The quantitative estimate of drug-likeness (QED) is 0.156. The molecule has 0 spiro atoms. The van der Waals surface area contributed by atoms with E-state index in [1.54, 1.807) is 0 Å². The van der Waals surface area contributed by atoms with E-state index in [1.165, 1.54) is 66.1 Å². The smallest absolute Gasteiger partial charge is 0.135 e. The van der Waals surface area contributed by atoms with Crippen LogP contribution in [0.15, 0.2) is 238 Å². The van der Waals surface area contributed by atoms with Crippen molar-refractivity contribution < 1.29 is 13.3 Å². The van der Waals surface area contributed by atoms with Crippen molar-refractivity contribution in [2.45, 2.75) is 12.8 Å². The zero-order chi connectivity index (χ0) is 46.6. The van der Waals surface area contributed by atoms with Gasteiger partial charge in [-0.15, -0.1) is 0 Å². The number of hydrogen-bond donors (Lipinski definition) is 0. The molecule has 0 amide bonds. The number of allylic oxidation sites excluding steroid dienone is 1. The van der Waals surface area contributed by atoms with Gasteiger partial charge in [0, 0.05) is 38.9 Å². The molecule has 0 bridgehead atoms. The molecule has 0 N–H and O–H groups in total. The standard InChI is InChI=1S/C68H42O3/c1-4-12-41(13-5-1)44-22-28-62-56(34-44)59-37-47(25-31-65(59)69-62)50-18-10-20-52-54(50)40-55-51(48-26-32-66-60(38-48)57-35-45(23-29-63(57)70-66)42-14-6-2-7-15-42)19-11-21-53(55)68(52)49-27-33-67-61(39-49)58-36-46(24-30-64(58)71-67)43-16-8-3-9-17-43/h1-22,24-28,30-40H,23,29H2. The minimum absolute atomic E-state index is 0.872. The van der Waals surface area contributed by atoms with Crippen LogP contribution in [0.2, 0.25) is 0 Å². The van der Waals surface area contributed by atoms with Crippen molar-refractivity contribution >= 4 is 88.0 Å². The molecule has 71 heavy (non-hydrogen) atoms. The Morgan fingerprint density at radius 3 is 1.20 bits per heavy atom. The monoisotopic (exact) mass is 906 g/mol. The van der Waals surface area contributed by atoms with Crippen LogP contribution in [0.4, 0.5) is 0 Å². The first-order chi connectivity index (χ1) is 35.1. The Balaban J connectivity index is 0.965. The number of benzene rings is 11. The Labute approximate surface area is 409 Å². The Bertz CT molecular complexity index is 4490. The van der Waals surface area contributed by atoms with E-state index in [0.717, 1.165) is 101 Å². The summed E-state index contributed by atoms with van der Waals surface area (Å²) in [5.74, 6) is 1.06. The second-order valence-corrected chi connectivity index (χ2v) is 19.0. The van der Waals surface area contributed by atoms with Crippen LogP contribution in [0.1, 0.15) is 23.3 Å². The molecule has 15 rings (SSSR count). The van der Waals surface area contributed by atoms with E-state index in [9.17, 15) is 0 Å². The van der Waals surface area contributed by atoms with Crippen molar-refractivity contribution in [1.29, 1.82) is 0 Å². The van der Waals surface area contributed by atoms with E-state index >= 15 is 0 Å². The SMILES string of the molecule is C1=C(c2ccccc2)CCc2oc3ccc(-c4cccc5c(-c6ccc7oc8ccc(-c9ccccc9)cc8c7c6)c6cccc(-c7ccc8oc9ccc(-c%10ccccc%10)cc9c8c7)c6cc45)cc3c21. The van der Waals surface area contributed by atoms with Crippen LogP contribution < -0.4 is 0 Å². The van der Waals surface area contributed by atoms with Crippen LogP contribution in [0.5, 0.6) is 0 Å². The Morgan fingerprint density at radius 2 is 0.676 bits per heavy atom. The van der Waals surface area contributed by atoms with Crippen LogP contribution in [0.3, 0.4) is 0 Å². The largest absolute Gasteiger partial charge is 0.460 e. The summed E-state index contributed by atoms with van der Waals surface area (Å²) in [7, 11) is 0. The molecule has 3 heteroatoms. The number of furan rings is 3. The molecule has 0 fully saturated rings. The van der Waals surface area contributed by atoms with Gasteiger partial charge < -0.3 is 13.3 Å². The van der Waals surface area contributed by atoms with E-state index in [4.69, 9.17) is 13.3 Å². The predicted octanol–water partition coefficient (Wildman–Crippen LogP) is 19.4. The van der Waals surface area contributed by atoms with Crippen molar-refractivity contribution in [1.82, 2.24) is 0 Å². The molecule has 0 saturated carbocycles. The molecule has 0 saturated heterocycles. The minimum atomic E-state index is 0.872. The van der Waals surface area contributed by atoms with E-state index in [1.807, 2.05) is 0 Å². The van der Waals surface area contributed by atoms with Crippen LogP contribution in [0, 0.1) is 0 Å². The Morgan fingerprint density at radius 1 is 0.254 bits per heavy atom. The van der Waals surface area contributed by atoms with Crippen molar-refractivity contribution in [3.05, 3.63) is 241 Å². The maximum Gasteiger partial charge on any atom is 0.135 e. The number of aryl methyl sites for hydroxylation is 1. The van der Waals surface area contributed by atoms with Crippen LogP contribution in [-0.4, -0.2) is 0 Å². The summed E-state index contributed by atoms with van der Waals surface area (Å²) in [4.78, 5) is 0. The second-order valence-electron chi connectivity index (χ2n) is 19.0. The third kappa shape index (κ3) is 6.44.